The minimum Gasteiger partial charge on any atom is -0.458 e. The van der Waals surface area contributed by atoms with Crippen molar-refractivity contribution in [2.45, 2.75) is 67.4 Å². The number of hydrogen-bond donors (Lipinski definition) is 2. The summed E-state index contributed by atoms with van der Waals surface area (Å²) in [6, 6.07) is 7.39. The summed E-state index contributed by atoms with van der Waals surface area (Å²) in [4.78, 5) is 16.5. The number of carbonyl (C=O) groups excluding carboxylic acids is 1. The number of nitrogens with one attached hydrogen (secondary N) is 1. The van der Waals surface area contributed by atoms with Gasteiger partial charge in [0.2, 0.25) is 0 Å². The number of nitrogen functional groups attached to an aromatic ring is 1. The predicted octanol–water partition coefficient (Wildman–Crippen LogP) is 7.20. The standard InChI is InChI=1S/C26H37ClN2O2/c1-15-12-19(25(2,3)4)22(20(13-15)26(5,6)7)31-24(30)21-18(14-29-23(21)28)16-8-10-17(27)11-9-16/h8-11,14-15,19-20,22,29H,12-13,28H2,1-7H3. The van der Waals surface area contributed by atoms with Gasteiger partial charge in [-0.3, -0.25) is 0 Å². The smallest absolute Gasteiger partial charge is 0.342 e. The molecule has 1 aromatic carbocycles. The van der Waals surface area contributed by atoms with Crippen molar-refractivity contribution >= 4 is 23.4 Å². The summed E-state index contributed by atoms with van der Waals surface area (Å²) in [6.45, 7) is 15.8. The minimum atomic E-state index is -0.355. The zero-order valence-electron chi connectivity index (χ0n) is 19.9. The summed E-state index contributed by atoms with van der Waals surface area (Å²) in [6.07, 6.45) is 3.72. The van der Waals surface area contributed by atoms with Gasteiger partial charge in [-0.15, -0.1) is 0 Å². The van der Waals surface area contributed by atoms with E-state index in [1.807, 2.05) is 24.3 Å². The van der Waals surface area contributed by atoms with E-state index in [0.717, 1.165) is 24.0 Å². The fraction of sp³-hybridized carbons (Fsp3) is 0.577. The maximum absolute atomic E-state index is 13.5. The number of esters is 1. The zero-order chi connectivity index (χ0) is 23.1. The highest BCUT2D eigenvalue weighted by molar-refractivity contribution is 6.30. The summed E-state index contributed by atoms with van der Waals surface area (Å²) in [5.74, 6) is 1.14. The second-order valence-corrected chi connectivity index (χ2v) is 11.8. The normalized spacial score (nSPS) is 24.8. The first kappa shape index (κ1) is 23.7. The van der Waals surface area contributed by atoms with Crippen LogP contribution in [-0.2, 0) is 4.74 Å². The molecule has 1 aliphatic carbocycles. The van der Waals surface area contributed by atoms with Crippen LogP contribution in [0, 0.1) is 28.6 Å². The van der Waals surface area contributed by atoms with Gasteiger partial charge in [-0.2, -0.15) is 0 Å². The second-order valence-electron chi connectivity index (χ2n) is 11.4. The van der Waals surface area contributed by atoms with Gasteiger partial charge >= 0.3 is 5.97 Å². The summed E-state index contributed by atoms with van der Waals surface area (Å²) < 4.78 is 6.36. The van der Waals surface area contributed by atoms with Crippen molar-refractivity contribution in [2.24, 2.45) is 28.6 Å². The van der Waals surface area contributed by atoms with Crippen LogP contribution >= 0.6 is 11.6 Å². The van der Waals surface area contributed by atoms with Crippen molar-refractivity contribution < 1.29 is 9.53 Å². The van der Waals surface area contributed by atoms with Crippen molar-refractivity contribution in [1.29, 1.82) is 0 Å². The number of hydrogen-bond acceptors (Lipinski definition) is 3. The number of aromatic amines is 1. The van der Waals surface area contributed by atoms with E-state index in [2.05, 4.69) is 53.5 Å². The number of aromatic nitrogens is 1. The molecule has 2 atom stereocenters. The van der Waals surface area contributed by atoms with E-state index in [0.29, 0.717) is 22.3 Å². The van der Waals surface area contributed by atoms with Crippen molar-refractivity contribution in [1.82, 2.24) is 4.98 Å². The van der Waals surface area contributed by atoms with E-state index in [9.17, 15) is 4.79 Å². The van der Waals surface area contributed by atoms with Crippen molar-refractivity contribution in [3.8, 4) is 11.1 Å². The molecule has 1 fully saturated rings. The molecule has 5 heteroatoms. The fourth-order valence-electron chi connectivity index (χ4n) is 5.07. The molecule has 0 bridgehead atoms. The van der Waals surface area contributed by atoms with Gasteiger partial charge in [-0.05, 0) is 47.3 Å². The molecular weight excluding hydrogens is 408 g/mol. The predicted molar refractivity (Wildman–Crippen MR) is 129 cm³/mol. The number of H-pyrrole nitrogens is 1. The third-order valence-corrected chi connectivity index (χ3v) is 7.10. The van der Waals surface area contributed by atoms with Crippen LogP contribution in [0.3, 0.4) is 0 Å². The van der Waals surface area contributed by atoms with Gasteiger partial charge in [0.25, 0.3) is 0 Å². The van der Waals surface area contributed by atoms with Crippen LogP contribution in [0.5, 0.6) is 0 Å². The van der Waals surface area contributed by atoms with Gasteiger partial charge in [0.15, 0.2) is 0 Å². The molecule has 0 radical (unpaired) electrons. The number of carbonyl (C=O) groups is 1. The topological polar surface area (TPSA) is 68.1 Å². The number of benzene rings is 1. The Balaban J connectivity index is 1.98. The fourth-order valence-corrected chi connectivity index (χ4v) is 5.19. The molecule has 0 amide bonds. The van der Waals surface area contributed by atoms with Crippen LogP contribution in [0.2, 0.25) is 5.02 Å². The van der Waals surface area contributed by atoms with Gasteiger partial charge in [0.1, 0.15) is 17.5 Å². The van der Waals surface area contributed by atoms with Gasteiger partial charge in [0.05, 0.1) is 0 Å². The lowest BCUT2D eigenvalue weighted by atomic mass is 9.59. The van der Waals surface area contributed by atoms with Crippen LogP contribution in [-0.4, -0.2) is 17.1 Å². The third kappa shape index (κ3) is 5.11. The summed E-state index contributed by atoms with van der Waals surface area (Å²) in [7, 11) is 0. The van der Waals surface area contributed by atoms with Crippen LogP contribution in [0.15, 0.2) is 30.5 Å². The summed E-state index contributed by atoms with van der Waals surface area (Å²) in [5.41, 5.74) is 8.28. The highest BCUT2D eigenvalue weighted by Gasteiger charge is 2.48. The average molecular weight is 445 g/mol. The molecule has 2 unspecified atom stereocenters. The maximum Gasteiger partial charge on any atom is 0.342 e. The average Bonchev–Trinajstić information content (AvgIpc) is 3.03. The van der Waals surface area contributed by atoms with Crippen molar-refractivity contribution in [3.05, 3.63) is 41.0 Å². The molecule has 1 aromatic heterocycles. The van der Waals surface area contributed by atoms with Crippen molar-refractivity contribution in [3.63, 3.8) is 0 Å². The van der Waals surface area contributed by atoms with E-state index in [-0.39, 0.29) is 34.7 Å². The zero-order valence-corrected chi connectivity index (χ0v) is 20.6. The SMILES string of the molecule is CC1CC(C(C)(C)C)C(OC(=O)c2c(-c3ccc(Cl)cc3)c[nH]c2N)C(C(C)(C)C)C1. The Morgan fingerprint density at radius 2 is 1.55 bits per heavy atom. The number of halogens is 1. The van der Waals surface area contributed by atoms with Gasteiger partial charge in [-0.1, -0.05) is 72.2 Å². The number of ether oxygens (including phenoxy) is 1. The summed E-state index contributed by atoms with van der Waals surface area (Å²) >= 11 is 6.04. The molecule has 2 aromatic rings. The first-order valence-corrected chi connectivity index (χ1v) is 11.6. The van der Waals surface area contributed by atoms with E-state index in [4.69, 9.17) is 22.1 Å². The molecule has 3 N–H and O–H groups in total. The van der Waals surface area contributed by atoms with E-state index >= 15 is 0 Å². The molecule has 1 saturated carbocycles. The Labute approximate surface area is 191 Å². The molecule has 0 aliphatic heterocycles. The quantitative estimate of drug-likeness (QED) is 0.492. The van der Waals surface area contributed by atoms with Gasteiger partial charge in [-0.25, -0.2) is 4.79 Å². The summed E-state index contributed by atoms with van der Waals surface area (Å²) in [5, 5.41) is 0.647. The van der Waals surface area contributed by atoms with E-state index in [1.165, 1.54) is 0 Å². The molecular formula is C26H37ClN2O2. The highest BCUT2D eigenvalue weighted by atomic mass is 35.5. The van der Waals surface area contributed by atoms with Crippen LogP contribution in [0.1, 0.15) is 71.7 Å². The third-order valence-electron chi connectivity index (χ3n) is 6.84. The van der Waals surface area contributed by atoms with E-state index in [1.54, 1.807) is 6.20 Å². The monoisotopic (exact) mass is 444 g/mol. The first-order chi connectivity index (χ1) is 14.3. The Bertz CT molecular complexity index is 894. The largest absolute Gasteiger partial charge is 0.458 e. The molecule has 4 nitrogen and oxygen atoms in total. The Morgan fingerprint density at radius 1 is 1.03 bits per heavy atom. The molecule has 0 saturated heterocycles. The second kappa shape index (κ2) is 8.54. The van der Waals surface area contributed by atoms with Crippen molar-refractivity contribution in [2.75, 3.05) is 5.73 Å². The van der Waals surface area contributed by atoms with Gasteiger partial charge in [0, 0.05) is 28.6 Å². The van der Waals surface area contributed by atoms with E-state index < -0.39 is 0 Å². The van der Waals surface area contributed by atoms with Crippen LogP contribution in [0.25, 0.3) is 11.1 Å². The lowest BCUT2D eigenvalue weighted by molar-refractivity contribution is -0.0922. The van der Waals surface area contributed by atoms with Crippen LogP contribution < -0.4 is 5.73 Å². The van der Waals surface area contributed by atoms with Crippen LogP contribution in [0.4, 0.5) is 5.82 Å². The number of nitrogens with two attached hydrogens (primary N) is 1. The molecule has 170 valence electrons. The molecule has 1 heterocycles. The Kier molecular flexibility index (Phi) is 6.53. The van der Waals surface area contributed by atoms with Gasteiger partial charge < -0.3 is 15.5 Å². The molecule has 31 heavy (non-hydrogen) atoms. The Hall–Kier alpha value is -1.94. The number of rotatable bonds is 3. The number of anilines is 1. The molecule has 1 aliphatic rings. The minimum absolute atomic E-state index is 0.0336. The Morgan fingerprint density at radius 3 is 2.03 bits per heavy atom. The highest BCUT2D eigenvalue weighted by Crippen LogP contribution is 2.50. The molecule has 0 spiro atoms. The maximum atomic E-state index is 13.5. The lowest BCUT2D eigenvalue weighted by Gasteiger charge is -2.50. The lowest BCUT2D eigenvalue weighted by Crippen LogP contribution is -2.49. The molecule has 3 rings (SSSR count). The first-order valence-electron chi connectivity index (χ1n) is 11.2.